The van der Waals surface area contributed by atoms with Crippen LogP contribution in [0, 0.1) is 0 Å². The fourth-order valence-corrected chi connectivity index (χ4v) is 1.73. The number of nitrogen functional groups attached to an aromatic ring is 1. The first-order chi connectivity index (χ1) is 8.10. The van der Waals surface area contributed by atoms with Gasteiger partial charge in [0.2, 0.25) is 0 Å². The molecule has 94 valence electrons. The minimum Gasteiger partial charge on any atom is -0.384 e. The van der Waals surface area contributed by atoms with Crippen molar-refractivity contribution in [1.82, 2.24) is 9.88 Å². The molecule has 4 nitrogen and oxygen atoms in total. The van der Waals surface area contributed by atoms with E-state index in [1.807, 2.05) is 6.92 Å². The molecule has 0 aliphatic heterocycles. The highest BCUT2D eigenvalue weighted by atomic mass is 35.5. The van der Waals surface area contributed by atoms with Gasteiger partial charge in [-0.2, -0.15) is 0 Å². The van der Waals surface area contributed by atoms with Gasteiger partial charge in [0.15, 0.2) is 0 Å². The molecule has 1 heterocycles. The molecule has 5 heteroatoms. The molecule has 0 atom stereocenters. The molecule has 0 spiro atoms. The van der Waals surface area contributed by atoms with Crippen molar-refractivity contribution in [3.8, 4) is 0 Å². The second-order valence-corrected chi connectivity index (χ2v) is 4.23. The van der Waals surface area contributed by atoms with E-state index in [2.05, 4.69) is 11.9 Å². The summed E-state index contributed by atoms with van der Waals surface area (Å²) in [5, 5.41) is 0.346. The van der Waals surface area contributed by atoms with Crippen molar-refractivity contribution in [3.05, 3.63) is 22.8 Å². The van der Waals surface area contributed by atoms with E-state index in [9.17, 15) is 4.79 Å². The molecule has 1 aromatic rings. The number of halogens is 1. The molecule has 0 radical (unpaired) electrons. The molecule has 0 aliphatic rings. The van der Waals surface area contributed by atoms with Crippen molar-refractivity contribution < 1.29 is 4.79 Å². The summed E-state index contributed by atoms with van der Waals surface area (Å²) < 4.78 is 0. The summed E-state index contributed by atoms with van der Waals surface area (Å²) in [5.41, 5.74) is 5.99. The standard InChI is InChI=1S/C12H18ClN3O/c1-3-5-6-16(4-2)12(17)9-7-11(14)15-8-10(9)13/h7-8H,3-6H2,1-2H3,(H2,14,15). The van der Waals surface area contributed by atoms with Crippen LogP contribution >= 0.6 is 11.6 Å². The molecule has 1 amide bonds. The van der Waals surface area contributed by atoms with E-state index in [0.29, 0.717) is 22.9 Å². The van der Waals surface area contributed by atoms with E-state index in [-0.39, 0.29) is 5.91 Å². The molecule has 17 heavy (non-hydrogen) atoms. The third-order valence-corrected chi connectivity index (χ3v) is 2.86. The predicted octanol–water partition coefficient (Wildman–Crippen LogP) is 2.58. The Labute approximate surface area is 107 Å². The van der Waals surface area contributed by atoms with Gasteiger partial charge in [-0.3, -0.25) is 4.79 Å². The number of carbonyl (C=O) groups is 1. The van der Waals surface area contributed by atoms with Crippen LogP contribution < -0.4 is 5.73 Å². The van der Waals surface area contributed by atoms with E-state index in [0.717, 1.165) is 19.4 Å². The molecule has 0 saturated heterocycles. The van der Waals surface area contributed by atoms with E-state index in [1.165, 1.54) is 12.3 Å². The Morgan fingerprint density at radius 1 is 1.53 bits per heavy atom. The number of anilines is 1. The van der Waals surface area contributed by atoms with E-state index < -0.39 is 0 Å². The molecular weight excluding hydrogens is 238 g/mol. The van der Waals surface area contributed by atoms with Crippen molar-refractivity contribution in [3.63, 3.8) is 0 Å². The van der Waals surface area contributed by atoms with E-state index >= 15 is 0 Å². The number of amides is 1. The lowest BCUT2D eigenvalue weighted by Crippen LogP contribution is -2.32. The number of unbranched alkanes of at least 4 members (excludes halogenated alkanes) is 1. The number of hydrogen-bond acceptors (Lipinski definition) is 3. The molecular formula is C12H18ClN3O. The van der Waals surface area contributed by atoms with Gasteiger partial charge in [0.25, 0.3) is 5.91 Å². The fourth-order valence-electron chi connectivity index (χ4n) is 1.54. The molecule has 0 saturated carbocycles. The van der Waals surface area contributed by atoms with Crippen molar-refractivity contribution in [2.45, 2.75) is 26.7 Å². The average molecular weight is 256 g/mol. The predicted molar refractivity (Wildman–Crippen MR) is 70.1 cm³/mol. The summed E-state index contributed by atoms with van der Waals surface area (Å²) in [6.07, 6.45) is 3.45. The van der Waals surface area contributed by atoms with Gasteiger partial charge in [0.1, 0.15) is 5.82 Å². The highest BCUT2D eigenvalue weighted by Gasteiger charge is 2.17. The topological polar surface area (TPSA) is 59.2 Å². The second-order valence-electron chi connectivity index (χ2n) is 3.83. The number of carbonyl (C=O) groups excluding carboxylic acids is 1. The van der Waals surface area contributed by atoms with Crippen LogP contribution in [0.15, 0.2) is 12.3 Å². The summed E-state index contributed by atoms with van der Waals surface area (Å²) in [6.45, 7) is 5.45. The van der Waals surface area contributed by atoms with Crippen LogP contribution in [-0.4, -0.2) is 28.9 Å². The van der Waals surface area contributed by atoms with Crippen LogP contribution in [0.1, 0.15) is 37.0 Å². The smallest absolute Gasteiger partial charge is 0.255 e. The maximum atomic E-state index is 12.2. The first-order valence-corrected chi connectivity index (χ1v) is 6.18. The zero-order chi connectivity index (χ0) is 12.8. The lowest BCUT2D eigenvalue weighted by atomic mass is 10.2. The van der Waals surface area contributed by atoms with Crippen LogP contribution in [0.3, 0.4) is 0 Å². The quantitative estimate of drug-likeness (QED) is 0.880. The SMILES string of the molecule is CCCCN(CC)C(=O)c1cc(N)ncc1Cl. The summed E-state index contributed by atoms with van der Waals surface area (Å²) >= 11 is 5.96. The second kappa shape index (κ2) is 6.45. The minimum absolute atomic E-state index is 0.0833. The molecule has 0 aromatic carbocycles. The Morgan fingerprint density at radius 3 is 2.82 bits per heavy atom. The number of rotatable bonds is 5. The van der Waals surface area contributed by atoms with Gasteiger partial charge in [-0.15, -0.1) is 0 Å². The number of nitrogens with zero attached hydrogens (tertiary/aromatic N) is 2. The van der Waals surface area contributed by atoms with E-state index in [4.69, 9.17) is 17.3 Å². The molecule has 0 unspecified atom stereocenters. The lowest BCUT2D eigenvalue weighted by molar-refractivity contribution is 0.0762. The first-order valence-electron chi connectivity index (χ1n) is 5.80. The maximum absolute atomic E-state index is 12.2. The van der Waals surface area contributed by atoms with Gasteiger partial charge in [-0.1, -0.05) is 24.9 Å². The Morgan fingerprint density at radius 2 is 2.24 bits per heavy atom. The molecule has 0 bridgehead atoms. The van der Waals surface area contributed by atoms with Crippen LogP contribution in [0.25, 0.3) is 0 Å². The third kappa shape index (κ3) is 3.60. The normalized spacial score (nSPS) is 10.3. The molecule has 2 N–H and O–H groups in total. The number of nitrogens with two attached hydrogens (primary N) is 1. The number of pyridine rings is 1. The zero-order valence-electron chi connectivity index (χ0n) is 10.2. The molecule has 0 aliphatic carbocycles. The summed E-state index contributed by atoms with van der Waals surface area (Å²) in [7, 11) is 0. The van der Waals surface area contributed by atoms with Gasteiger partial charge in [-0.05, 0) is 19.4 Å². The van der Waals surface area contributed by atoms with Crippen LogP contribution in [0.4, 0.5) is 5.82 Å². The molecule has 0 fully saturated rings. The zero-order valence-corrected chi connectivity index (χ0v) is 11.0. The average Bonchev–Trinajstić information content (AvgIpc) is 2.33. The van der Waals surface area contributed by atoms with Crippen molar-refractivity contribution in [2.75, 3.05) is 18.8 Å². The summed E-state index contributed by atoms with van der Waals surface area (Å²) in [5.74, 6) is 0.226. The Hall–Kier alpha value is -1.29. The summed E-state index contributed by atoms with van der Waals surface area (Å²) in [6, 6.07) is 1.53. The third-order valence-electron chi connectivity index (χ3n) is 2.56. The van der Waals surface area contributed by atoms with Crippen molar-refractivity contribution in [1.29, 1.82) is 0 Å². The Kier molecular flexibility index (Phi) is 5.22. The van der Waals surface area contributed by atoms with Crippen LogP contribution in [0.5, 0.6) is 0 Å². The van der Waals surface area contributed by atoms with Gasteiger partial charge in [0.05, 0.1) is 10.6 Å². The largest absolute Gasteiger partial charge is 0.384 e. The maximum Gasteiger partial charge on any atom is 0.255 e. The molecule has 1 rings (SSSR count). The van der Waals surface area contributed by atoms with Gasteiger partial charge >= 0.3 is 0 Å². The lowest BCUT2D eigenvalue weighted by Gasteiger charge is -2.21. The van der Waals surface area contributed by atoms with E-state index in [1.54, 1.807) is 4.90 Å². The number of hydrogen-bond donors (Lipinski definition) is 1. The van der Waals surface area contributed by atoms with Gasteiger partial charge < -0.3 is 10.6 Å². The van der Waals surface area contributed by atoms with Crippen molar-refractivity contribution in [2.24, 2.45) is 0 Å². The molecule has 1 aromatic heterocycles. The first kappa shape index (κ1) is 13.8. The van der Waals surface area contributed by atoms with Crippen LogP contribution in [-0.2, 0) is 0 Å². The van der Waals surface area contributed by atoms with Gasteiger partial charge in [0, 0.05) is 19.3 Å². The Balaban J connectivity index is 2.89. The Bertz CT molecular complexity index is 395. The van der Waals surface area contributed by atoms with Gasteiger partial charge in [-0.25, -0.2) is 4.98 Å². The van der Waals surface area contributed by atoms with Crippen molar-refractivity contribution >= 4 is 23.3 Å². The van der Waals surface area contributed by atoms with Crippen LogP contribution in [0.2, 0.25) is 5.02 Å². The monoisotopic (exact) mass is 255 g/mol. The summed E-state index contributed by atoms with van der Waals surface area (Å²) in [4.78, 5) is 17.8. The fraction of sp³-hybridized carbons (Fsp3) is 0.500. The number of aromatic nitrogens is 1. The highest BCUT2D eigenvalue weighted by Crippen LogP contribution is 2.18. The highest BCUT2D eigenvalue weighted by molar-refractivity contribution is 6.33. The minimum atomic E-state index is -0.0833.